The van der Waals surface area contributed by atoms with Gasteiger partial charge >= 0.3 is 6.09 Å². The molecule has 24 heavy (non-hydrogen) atoms. The van der Waals surface area contributed by atoms with Crippen LogP contribution in [-0.2, 0) is 17.7 Å². The van der Waals surface area contributed by atoms with Crippen LogP contribution in [0.1, 0.15) is 11.1 Å². The second-order valence-electron chi connectivity index (χ2n) is 5.83. The van der Waals surface area contributed by atoms with Gasteiger partial charge < -0.3 is 9.84 Å². The molecule has 0 bridgehead atoms. The summed E-state index contributed by atoms with van der Waals surface area (Å²) in [7, 11) is 0. The van der Waals surface area contributed by atoms with Crippen molar-refractivity contribution in [3.05, 3.63) is 83.9 Å². The molecule has 0 unspecified atom stereocenters. The van der Waals surface area contributed by atoms with Gasteiger partial charge in [-0.2, -0.15) is 0 Å². The zero-order valence-electron chi connectivity index (χ0n) is 13.4. The van der Waals surface area contributed by atoms with Gasteiger partial charge in [0.1, 0.15) is 6.10 Å². The number of ether oxygens (including phenoxy) is 1. The van der Waals surface area contributed by atoms with E-state index in [1.54, 1.807) is 17.1 Å². The molecule has 1 N–H and O–H groups in total. The number of amides is 1. The second-order valence-corrected chi connectivity index (χ2v) is 5.83. The summed E-state index contributed by atoms with van der Waals surface area (Å²) in [6, 6.07) is 19.9. The topological polar surface area (TPSA) is 49.8 Å². The highest BCUT2D eigenvalue weighted by atomic mass is 16.6. The van der Waals surface area contributed by atoms with Crippen LogP contribution in [0.5, 0.6) is 0 Å². The van der Waals surface area contributed by atoms with Crippen molar-refractivity contribution in [3.63, 3.8) is 0 Å². The number of rotatable bonds is 6. The van der Waals surface area contributed by atoms with Gasteiger partial charge in [-0.1, -0.05) is 66.7 Å². The highest BCUT2D eigenvalue weighted by molar-refractivity contribution is 5.71. The van der Waals surface area contributed by atoms with E-state index in [9.17, 15) is 4.79 Å². The molecule has 4 nitrogen and oxygen atoms in total. The quantitative estimate of drug-likeness (QED) is 0.831. The van der Waals surface area contributed by atoms with Crippen molar-refractivity contribution in [2.45, 2.75) is 25.1 Å². The zero-order chi connectivity index (χ0) is 16.8. The molecule has 1 aliphatic heterocycles. The molecule has 0 aliphatic carbocycles. The van der Waals surface area contributed by atoms with E-state index in [-0.39, 0.29) is 24.8 Å². The molecule has 0 saturated carbocycles. The Labute approximate surface area is 142 Å². The van der Waals surface area contributed by atoms with Crippen molar-refractivity contribution >= 4 is 6.09 Å². The highest BCUT2D eigenvalue weighted by Gasteiger charge is 2.40. The molecule has 124 valence electrons. The van der Waals surface area contributed by atoms with Crippen LogP contribution in [0, 0.1) is 0 Å². The van der Waals surface area contributed by atoms with Crippen LogP contribution in [0.4, 0.5) is 4.79 Å². The number of aliphatic hydroxyl groups is 1. The first kappa shape index (κ1) is 16.3. The minimum Gasteiger partial charge on any atom is -0.440 e. The molecule has 1 heterocycles. The van der Waals surface area contributed by atoms with Gasteiger partial charge in [0.2, 0.25) is 0 Å². The maximum Gasteiger partial charge on any atom is 0.411 e. The lowest BCUT2D eigenvalue weighted by atomic mass is 10.00. The van der Waals surface area contributed by atoms with Crippen molar-refractivity contribution in [1.29, 1.82) is 0 Å². The molecule has 1 amide bonds. The Morgan fingerprint density at radius 1 is 1.00 bits per heavy atom. The van der Waals surface area contributed by atoms with E-state index in [0.717, 1.165) is 11.1 Å². The summed E-state index contributed by atoms with van der Waals surface area (Å²) in [5.41, 5.74) is 2.22. The zero-order valence-corrected chi connectivity index (χ0v) is 13.4. The molecule has 0 aromatic heterocycles. The van der Waals surface area contributed by atoms with Gasteiger partial charge in [0.15, 0.2) is 0 Å². The minimum absolute atomic E-state index is 0.0647. The lowest BCUT2D eigenvalue weighted by molar-refractivity contribution is 0.144. The predicted octanol–water partition coefficient (Wildman–Crippen LogP) is 3.17. The Bertz CT molecular complexity index is 685. The summed E-state index contributed by atoms with van der Waals surface area (Å²) in [4.78, 5) is 14.1. The van der Waals surface area contributed by atoms with Crippen molar-refractivity contribution in [2.75, 3.05) is 6.61 Å². The van der Waals surface area contributed by atoms with E-state index in [0.29, 0.717) is 13.0 Å². The Hall–Kier alpha value is -2.59. The highest BCUT2D eigenvalue weighted by Crippen LogP contribution is 2.26. The Morgan fingerprint density at radius 3 is 2.25 bits per heavy atom. The molecule has 0 spiro atoms. The monoisotopic (exact) mass is 323 g/mol. The molecule has 2 aromatic rings. The van der Waals surface area contributed by atoms with Gasteiger partial charge in [-0.05, 0) is 23.6 Å². The Balaban J connectivity index is 1.83. The van der Waals surface area contributed by atoms with Gasteiger partial charge in [0, 0.05) is 6.54 Å². The number of benzene rings is 2. The first-order valence-electron chi connectivity index (χ1n) is 8.10. The van der Waals surface area contributed by atoms with Crippen LogP contribution >= 0.6 is 0 Å². The fourth-order valence-electron chi connectivity index (χ4n) is 2.98. The number of aliphatic hydroxyl groups excluding tert-OH is 1. The number of nitrogens with zero attached hydrogens (tertiary/aromatic N) is 1. The van der Waals surface area contributed by atoms with Gasteiger partial charge in [-0.15, -0.1) is 0 Å². The summed E-state index contributed by atoms with van der Waals surface area (Å²) in [6.45, 7) is 0.450. The molecule has 2 aromatic carbocycles. The number of hydrogen-bond acceptors (Lipinski definition) is 3. The molecule has 1 aliphatic rings. The van der Waals surface area contributed by atoms with Crippen LogP contribution in [0.15, 0.2) is 72.8 Å². The molecule has 1 saturated heterocycles. The number of hydrogen-bond donors (Lipinski definition) is 1. The second kappa shape index (κ2) is 7.79. The van der Waals surface area contributed by atoms with Crippen LogP contribution < -0.4 is 0 Å². The summed E-state index contributed by atoms with van der Waals surface area (Å²) < 4.78 is 5.52. The molecule has 0 radical (unpaired) electrons. The first-order valence-corrected chi connectivity index (χ1v) is 8.10. The normalized spacial score (nSPS) is 20.5. The van der Waals surface area contributed by atoms with Gasteiger partial charge in [0.25, 0.3) is 0 Å². The number of carbonyl (C=O) groups is 1. The molecular weight excluding hydrogens is 302 g/mol. The molecule has 3 rings (SSSR count). The third-order valence-corrected chi connectivity index (χ3v) is 4.17. The lowest BCUT2D eigenvalue weighted by Crippen LogP contribution is -2.37. The third-order valence-electron chi connectivity index (χ3n) is 4.17. The molecule has 2 atom stereocenters. The lowest BCUT2D eigenvalue weighted by Gasteiger charge is -2.24. The summed E-state index contributed by atoms with van der Waals surface area (Å²) in [6.07, 6.45) is 3.44. The van der Waals surface area contributed by atoms with E-state index in [2.05, 4.69) is 12.1 Å². The molecule has 1 fully saturated rings. The third kappa shape index (κ3) is 3.84. The summed E-state index contributed by atoms with van der Waals surface area (Å²) >= 11 is 0. The van der Waals surface area contributed by atoms with E-state index in [1.165, 1.54) is 0 Å². The standard InChI is InChI=1S/C20H21NO3/c22-13-7-12-19-18(14-16-8-3-1-4-9-16)21(20(23)24-19)15-17-10-5-2-6-11-17/h1-12,18-19,22H,13-15H2/b12-7+/t18-,19-/m0/s1. The Morgan fingerprint density at radius 2 is 1.62 bits per heavy atom. The average Bonchev–Trinajstić information content (AvgIpc) is 2.90. The summed E-state index contributed by atoms with van der Waals surface area (Å²) in [5.74, 6) is 0. The van der Waals surface area contributed by atoms with Crippen LogP contribution in [-0.4, -0.2) is 34.9 Å². The van der Waals surface area contributed by atoms with Crippen molar-refractivity contribution in [3.8, 4) is 0 Å². The van der Waals surface area contributed by atoms with E-state index < -0.39 is 0 Å². The number of carbonyl (C=O) groups excluding carboxylic acids is 1. The van der Waals surface area contributed by atoms with Crippen molar-refractivity contribution < 1.29 is 14.6 Å². The fourth-order valence-corrected chi connectivity index (χ4v) is 2.98. The number of cyclic esters (lactones) is 1. The largest absolute Gasteiger partial charge is 0.440 e. The van der Waals surface area contributed by atoms with E-state index in [1.807, 2.05) is 48.5 Å². The first-order chi connectivity index (χ1) is 11.8. The van der Waals surface area contributed by atoms with E-state index >= 15 is 0 Å². The maximum absolute atomic E-state index is 12.4. The molecular formula is C20H21NO3. The fraction of sp³-hybridized carbons (Fsp3) is 0.250. The minimum atomic E-state index is -0.353. The van der Waals surface area contributed by atoms with E-state index in [4.69, 9.17) is 9.84 Å². The molecule has 4 heteroatoms. The van der Waals surface area contributed by atoms with Crippen LogP contribution in [0.25, 0.3) is 0 Å². The SMILES string of the molecule is O=C1O[C@@H](/C=C/CO)[C@H](Cc2ccccc2)N1Cc1ccccc1. The van der Waals surface area contributed by atoms with Gasteiger partial charge in [-0.25, -0.2) is 4.79 Å². The smallest absolute Gasteiger partial charge is 0.411 e. The average molecular weight is 323 g/mol. The predicted molar refractivity (Wildman–Crippen MR) is 92.4 cm³/mol. The van der Waals surface area contributed by atoms with Gasteiger partial charge in [-0.3, -0.25) is 4.90 Å². The van der Waals surface area contributed by atoms with Crippen molar-refractivity contribution in [1.82, 2.24) is 4.90 Å². The van der Waals surface area contributed by atoms with Crippen LogP contribution in [0.2, 0.25) is 0 Å². The van der Waals surface area contributed by atoms with Gasteiger partial charge in [0.05, 0.1) is 12.6 Å². The van der Waals surface area contributed by atoms with Crippen LogP contribution in [0.3, 0.4) is 0 Å². The van der Waals surface area contributed by atoms with Crippen molar-refractivity contribution in [2.24, 2.45) is 0 Å². The summed E-state index contributed by atoms with van der Waals surface area (Å²) in [5, 5.41) is 9.03. The Kier molecular flexibility index (Phi) is 5.29. The maximum atomic E-state index is 12.4.